The van der Waals surface area contributed by atoms with E-state index in [1.807, 2.05) is 12.1 Å². The van der Waals surface area contributed by atoms with Crippen molar-refractivity contribution in [2.75, 3.05) is 5.75 Å². The molecule has 1 aliphatic rings. The van der Waals surface area contributed by atoms with Gasteiger partial charge < -0.3 is 5.32 Å². The van der Waals surface area contributed by atoms with Crippen molar-refractivity contribution in [1.29, 1.82) is 0 Å². The van der Waals surface area contributed by atoms with Crippen LogP contribution in [0.1, 0.15) is 0 Å². The lowest BCUT2D eigenvalue weighted by molar-refractivity contribution is 1.17. The first-order valence-electron chi connectivity index (χ1n) is 4.02. The van der Waals surface area contributed by atoms with E-state index >= 15 is 0 Å². The lowest BCUT2D eigenvalue weighted by Crippen LogP contribution is -2.10. The van der Waals surface area contributed by atoms with E-state index in [0.717, 1.165) is 21.1 Å². The molecule has 3 nitrogen and oxygen atoms in total. The molecule has 1 N–H and O–H groups in total. The summed E-state index contributed by atoms with van der Waals surface area (Å²) in [7, 11) is 0. The maximum absolute atomic E-state index is 4.33. The summed E-state index contributed by atoms with van der Waals surface area (Å²) >= 11 is 4.96. The second-order valence-electron chi connectivity index (χ2n) is 2.77. The zero-order valence-electron chi connectivity index (χ0n) is 7.33. The van der Waals surface area contributed by atoms with Gasteiger partial charge in [-0.2, -0.15) is 0 Å². The van der Waals surface area contributed by atoms with Crippen molar-refractivity contribution < 1.29 is 0 Å². The smallest absolute Gasteiger partial charge is 0.168 e. The van der Waals surface area contributed by atoms with Crippen LogP contribution in [0.4, 0.5) is 5.82 Å². The first-order valence-corrected chi connectivity index (χ1v) is 5.80. The highest BCUT2D eigenvalue weighted by molar-refractivity contribution is 9.10. The molecule has 0 spiro atoms. The third-order valence-corrected chi connectivity index (χ3v) is 3.02. The molecule has 0 amide bonds. The molecule has 0 aliphatic carbocycles. The highest BCUT2D eigenvalue weighted by Gasteiger charge is 2.11. The van der Waals surface area contributed by atoms with Gasteiger partial charge in [-0.1, -0.05) is 18.3 Å². The van der Waals surface area contributed by atoms with Crippen molar-refractivity contribution in [2.45, 2.75) is 0 Å². The summed E-state index contributed by atoms with van der Waals surface area (Å²) in [5.74, 6) is 1.59. The number of amidine groups is 1. The molecule has 2 rings (SSSR count). The van der Waals surface area contributed by atoms with Crippen LogP contribution >= 0.6 is 27.7 Å². The number of hydrogen-bond donors (Lipinski definition) is 1. The topological polar surface area (TPSA) is 37.3 Å². The summed E-state index contributed by atoms with van der Waals surface area (Å²) in [6, 6.07) is 3.78. The fourth-order valence-corrected chi connectivity index (χ4v) is 1.97. The monoisotopic (exact) mass is 269 g/mol. The Labute approximate surface area is 94.9 Å². The normalized spacial score (nSPS) is 18.6. The molecule has 1 saturated heterocycles. The van der Waals surface area contributed by atoms with E-state index in [4.69, 9.17) is 0 Å². The minimum atomic E-state index is 0.706. The first kappa shape index (κ1) is 9.73. The molecule has 0 unspecified atom stereocenters. The molecule has 1 fully saturated rings. The van der Waals surface area contributed by atoms with Crippen molar-refractivity contribution in [2.24, 2.45) is 4.99 Å². The Morgan fingerprint density at radius 1 is 1.57 bits per heavy atom. The van der Waals surface area contributed by atoms with E-state index in [2.05, 4.69) is 37.8 Å². The van der Waals surface area contributed by atoms with Gasteiger partial charge in [-0.15, -0.1) is 0 Å². The molecule has 0 bridgehead atoms. The van der Waals surface area contributed by atoms with E-state index in [9.17, 15) is 0 Å². The predicted molar refractivity (Wildman–Crippen MR) is 63.8 cm³/mol. The van der Waals surface area contributed by atoms with Crippen LogP contribution in [0.3, 0.4) is 0 Å². The molecule has 0 radical (unpaired) electrons. The largest absolute Gasteiger partial charge is 0.338 e. The SMILES string of the molecule is C=C1CSC(=Nc2ccc(Br)cn2)N1. The Balaban J connectivity index is 2.17. The van der Waals surface area contributed by atoms with Crippen LogP contribution in [-0.4, -0.2) is 15.9 Å². The number of nitrogens with zero attached hydrogens (tertiary/aromatic N) is 2. The Hall–Kier alpha value is -0.810. The lowest BCUT2D eigenvalue weighted by atomic mass is 10.5. The van der Waals surface area contributed by atoms with Gasteiger partial charge in [0, 0.05) is 22.1 Å². The van der Waals surface area contributed by atoms with Crippen molar-refractivity contribution in [1.82, 2.24) is 10.3 Å². The average Bonchev–Trinajstić information content (AvgIpc) is 2.56. The Kier molecular flexibility index (Phi) is 2.88. The fraction of sp³-hybridized carbons (Fsp3) is 0.111. The second kappa shape index (κ2) is 4.14. The number of nitrogens with one attached hydrogen (secondary N) is 1. The quantitative estimate of drug-likeness (QED) is 0.852. The highest BCUT2D eigenvalue weighted by atomic mass is 79.9. The average molecular weight is 270 g/mol. The van der Waals surface area contributed by atoms with Crippen LogP contribution in [0.2, 0.25) is 0 Å². The highest BCUT2D eigenvalue weighted by Crippen LogP contribution is 2.19. The summed E-state index contributed by atoms with van der Waals surface area (Å²) in [5.41, 5.74) is 0.992. The van der Waals surface area contributed by atoms with Crippen LogP contribution in [0.25, 0.3) is 0 Å². The first-order chi connectivity index (χ1) is 6.74. The third kappa shape index (κ3) is 2.36. The number of pyridine rings is 1. The van der Waals surface area contributed by atoms with Gasteiger partial charge in [0.05, 0.1) is 0 Å². The number of aromatic nitrogens is 1. The zero-order valence-corrected chi connectivity index (χ0v) is 9.73. The van der Waals surface area contributed by atoms with Gasteiger partial charge in [-0.25, -0.2) is 9.98 Å². The Morgan fingerprint density at radius 3 is 3.00 bits per heavy atom. The van der Waals surface area contributed by atoms with Crippen molar-refractivity contribution in [3.05, 3.63) is 35.1 Å². The van der Waals surface area contributed by atoms with E-state index < -0.39 is 0 Å². The van der Waals surface area contributed by atoms with Gasteiger partial charge >= 0.3 is 0 Å². The van der Waals surface area contributed by atoms with Crippen molar-refractivity contribution in [3.63, 3.8) is 0 Å². The van der Waals surface area contributed by atoms with Crippen LogP contribution in [0.5, 0.6) is 0 Å². The third-order valence-electron chi connectivity index (χ3n) is 1.59. The van der Waals surface area contributed by atoms with Gasteiger partial charge in [0.15, 0.2) is 11.0 Å². The van der Waals surface area contributed by atoms with Crippen LogP contribution in [0, 0.1) is 0 Å². The molecule has 5 heteroatoms. The minimum Gasteiger partial charge on any atom is -0.338 e. The molecular weight excluding hydrogens is 262 g/mol. The molecular formula is C9H8BrN3S. The molecule has 14 heavy (non-hydrogen) atoms. The standard InChI is InChI=1S/C9H8BrN3S/c1-6-5-14-9(12-6)13-8-3-2-7(10)4-11-8/h2-4H,1,5H2,(H,11,12,13). The van der Waals surface area contributed by atoms with E-state index in [0.29, 0.717) is 5.82 Å². The number of halogens is 1. The van der Waals surface area contributed by atoms with E-state index in [1.165, 1.54) is 0 Å². The zero-order chi connectivity index (χ0) is 9.97. The summed E-state index contributed by atoms with van der Waals surface area (Å²) in [6.07, 6.45) is 1.73. The maximum atomic E-state index is 4.33. The molecule has 0 saturated carbocycles. The van der Waals surface area contributed by atoms with Crippen molar-refractivity contribution in [3.8, 4) is 0 Å². The Morgan fingerprint density at radius 2 is 2.43 bits per heavy atom. The number of thioether (sulfide) groups is 1. The molecule has 1 aliphatic heterocycles. The Bertz CT molecular complexity index is 386. The molecule has 1 aromatic rings. The molecule has 72 valence electrons. The number of aliphatic imine (C=N–C) groups is 1. The van der Waals surface area contributed by atoms with Gasteiger partial charge in [-0.3, -0.25) is 0 Å². The second-order valence-corrected chi connectivity index (χ2v) is 4.65. The fourth-order valence-electron chi connectivity index (χ4n) is 0.977. The van der Waals surface area contributed by atoms with Gasteiger partial charge in [0.2, 0.25) is 0 Å². The molecule has 2 heterocycles. The molecule has 1 aromatic heterocycles. The maximum Gasteiger partial charge on any atom is 0.168 e. The van der Waals surface area contributed by atoms with E-state index in [-0.39, 0.29) is 0 Å². The van der Waals surface area contributed by atoms with Crippen LogP contribution < -0.4 is 5.32 Å². The lowest BCUT2D eigenvalue weighted by Gasteiger charge is -1.96. The van der Waals surface area contributed by atoms with Gasteiger partial charge in [-0.05, 0) is 28.1 Å². The van der Waals surface area contributed by atoms with Crippen molar-refractivity contribution >= 4 is 38.7 Å². The molecule has 0 atom stereocenters. The predicted octanol–water partition coefficient (Wildman–Crippen LogP) is 2.68. The van der Waals surface area contributed by atoms with Crippen LogP contribution in [0.15, 0.2) is 40.1 Å². The summed E-state index contributed by atoms with van der Waals surface area (Å²) in [4.78, 5) is 8.47. The summed E-state index contributed by atoms with van der Waals surface area (Å²) < 4.78 is 0.956. The van der Waals surface area contributed by atoms with Gasteiger partial charge in [0.25, 0.3) is 0 Å². The minimum absolute atomic E-state index is 0.706. The summed E-state index contributed by atoms with van der Waals surface area (Å²) in [6.45, 7) is 3.82. The van der Waals surface area contributed by atoms with E-state index in [1.54, 1.807) is 18.0 Å². The van der Waals surface area contributed by atoms with Crippen LogP contribution in [-0.2, 0) is 0 Å². The number of hydrogen-bond acceptors (Lipinski definition) is 3. The van der Waals surface area contributed by atoms with Gasteiger partial charge in [0.1, 0.15) is 0 Å². The molecule has 0 aromatic carbocycles. The number of rotatable bonds is 1. The summed E-state index contributed by atoms with van der Waals surface area (Å²) in [5, 5.41) is 3.95.